The smallest absolute Gasteiger partial charge is 0.220 e. The van der Waals surface area contributed by atoms with Crippen molar-refractivity contribution >= 4 is 16.6 Å². The second-order valence-corrected chi connectivity index (χ2v) is 7.51. The van der Waals surface area contributed by atoms with Crippen LogP contribution in [0.5, 0.6) is 0 Å². The largest absolute Gasteiger partial charge is 0.325 e. The average Bonchev–Trinajstić information content (AvgIpc) is 3.31. The molecule has 33 heavy (non-hydrogen) atoms. The van der Waals surface area contributed by atoms with Crippen LogP contribution in [-0.2, 0) is 0 Å². The molecule has 0 aliphatic rings. The number of aromatic nitrogens is 1. The number of rotatable bonds is 3. The number of benzene rings is 4. The lowest BCUT2D eigenvalue weighted by molar-refractivity contribution is 1.12. The molecule has 0 amide bonds. The lowest BCUT2D eigenvalue weighted by atomic mass is 9.86. The quantitative estimate of drug-likeness (QED) is 0.288. The molecular weight excluding hydrogens is 404 g/mol. The predicted octanol–water partition coefficient (Wildman–Crippen LogP) is 7.26. The van der Waals surface area contributed by atoms with Crippen molar-refractivity contribution in [1.82, 2.24) is 4.57 Å². The molecular formula is C29H16N4. The Balaban J connectivity index is 2.04. The summed E-state index contributed by atoms with van der Waals surface area (Å²) in [6, 6.07) is 33.4. The van der Waals surface area contributed by atoms with E-state index in [1.807, 2.05) is 102 Å². The van der Waals surface area contributed by atoms with Crippen molar-refractivity contribution in [2.75, 3.05) is 0 Å². The van der Waals surface area contributed by atoms with Crippen LogP contribution >= 0.6 is 0 Å². The summed E-state index contributed by atoms with van der Waals surface area (Å²) in [7, 11) is 0. The fraction of sp³-hybridized carbons (Fsp3) is 0. The molecule has 4 heteroatoms. The van der Waals surface area contributed by atoms with E-state index in [0.717, 1.165) is 22.0 Å². The molecule has 0 fully saturated rings. The van der Waals surface area contributed by atoms with Crippen LogP contribution in [0.3, 0.4) is 0 Å². The third-order valence-electron chi connectivity index (χ3n) is 5.75. The Kier molecular flexibility index (Phi) is 4.93. The minimum atomic E-state index is 0.287. The van der Waals surface area contributed by atoms with E-state index in [1.165, 1.54) is 0 Å². The van der Waals surface area contributed by atoms with Gasteiger partial charge in [-0.1, -0.05) is 78.9 Å². The van der Waals surface area contributed by atoms with Gasteiger partial charge in [-0.3, -0.25) is 0 Å². The van der Waals surface area contributed by atoms with Gasteiger partial charge in [-0.25, -0.2) is 4.85 Å². The number of hydrogen-bond donors (Lipinski definition) is 0. The summed E-state index contributed by atoms with van der Waals surface area (Å²) in [5, 5.41) is 21.6. The van der Waals surface area contributed by atoms with Gasteiger partial charge in [-0.2, -0.15) is 10.5 Å². The molecule has 0 unspecified atom stereocenters. The van der Waals surface area contributed by atoms with Crippen LogP contribution in [0.4, 0.5) is 5.69 Å². The van der Waals surface area contributed by atoms with Crippen LogP contribution in [0.15, 0.2) is 97.2 Å². The Morgan fingerprint density at radius 3 is 1.85 bits per heavy atom. The zero-order valence-electron chi connectivity index (χ0n) is 17.5. The van der Waals surface area contributed by atoms with Crippen LogP contribution < -0.4 is 0 Å². The van der Waals surface area contributed by atoms with Crippen LogP contribution in [0.1, 0.15) is 11.1 Å². The molecule has 0 bridgehead atoms. The normalized spacial score (nSPS) is 10.3. The maximum Gasteiger partial charge on any atom is 0.220 e. The Labute approximate surface area is 191 Å². The Bertz CT molecular complexity index is 1540. The van der Waals surface area contributed by atoms with Crippen molar-refractivity contribution in [2.24, 2.45) is 0 Å². The zero-order valence-corrected chi connectivity index (χ0v) is 17.5. The SMILES string of the molecule is [C-]#[N+]c1c(-c2ccccc2)c(C#N)c(-c2ccccc2)c(C#N)c1-n1ccc2ccccc21. The van der Waals surface area contributed by atoms with Gasteiger partial charge in [0.15, 0.2) is 0 Å². The lowest BCUT2D eigenvalue weighted by Gasteiger charge is -2.20. The highest BCUT2D eigenvalue weighted by molar-refractivity contribution is 6.00. The number of fused-ring (bicyclic) bond motifs is 1. The van der Waals surface area contributed by atoms with Gasteiger partial charge in [0.2, 0.25) is 5.69 Å². The van der Waals surface area contributed by atoms with Gasteiger partial charge in [0.05, 0.1) is 35.0 Å². The minimum absolute atomic E-state index is 0.287. The molecule has 4 nitrogen and oxygen atoms in total. The molecule has 1 aromatic heterocycles. The third-order valence-corrected chi connectivity index (χ3v) is 5.75. The van der Waals surface area contributed by atoms with Crippen molar-refractivity contribution < 1.29 is 0 Å². The van der Waals surface area contributed by atoms with Gasteiger partial charge in [0, 0.05) is 17.3 Å². The first-order valence-corrected chi connectivity index (χ1v) is 10.4. The number of nitrogens with zero attached hydrogens (tertiary/aromatic N) is 4. The highest BCUT2D eigenvalue weighted by Gasteiger charge is 2.27. The van der Waals surface area contributed by atoms with Crippen molar-refractivity contribution in [3.05, 3.63) is 120 Å². The second-order valence-electron chi connectivity index (χ2n) is 7.51. The first kappa shape index (κ1) is 19.8. The van der Waals surface area contributed by atoms with E-state index in [2.05, 4.69) is 17.0 Å². The van der Waals surface area contributed by atoms with Crippen molar-refractivity contribution in [1.29, 1.82) is 10.5 Å². The first-order chi connectivity index (χ1) is 16.3. The van der Waals surface area contributed by atoms with Gasteiger partial charge in [-0.05, 0) is 28.6 Å². The molecule has 0 N–H and O–H groups in total. The third kappa shape index (κ3) is 3.14. The summed E-state index contributed by atoms with van der Waals surface area (Å²) < 4.78 is 1.89. The van der Waals surface area contributed by atoms with Crippen LogP contribution in [0, 0.1) is 29.2 Å². The molecule has 4 aromatic carbocycles. The monoisotopic (exact) mass is 420 g/mol. The lowest BCUT2D eigenvalue weighted by Crippen LogP contribution is -2.04. The van der Waals surface area contributed by atoms with E-state index in [-0.39, 0.29) is 5.69 Å². The van der Waals surface area contributed by atoms with Gasteiger partial charge in [0.1, 0.15) is 6.07 Å². The first-order valence-electron chi connectivity index (χ1n) is 10.4. The van der Waals surface area contributed by atoms with E-state index < -0.39 is 0 Å². The van der Waals surface area contributed by atoms with Gasteiger partial charge >= 0.3 is 0 Å². The second kappa shape index (κ2) is 8.20. The van der Waals surface area contributed by atoms with Gasteiger partial charge in [-0.15, -0.1) is 0 Å². The van der Waals surface area contributed by atoms with Crippen molar-refractivity contribution in [3.8, 4) is 40.1 Å². The van der Waals surface area contributed by atoms with Crippen LogP contribution in [-0.4, -0.2) is 4.57 Å². The molecule has 0 radical (unpaired) electrons. The molecule has 5 aromatic rings. The minimum Gasteiger partial charge on any atom is -0.325 e. The van der Waals surface area contributed by atoms with Crippen LogP contribution in [0.25, 0.3) is 43.7 Å². The predicted molar refractivity (Wildman–Crippen MR) is 130 cm³/mol. The fourth-order valence-electron chi connectivity index (χ4n) is 4.35. The highest BCUT2D eigenvalue weighted by atomic mass is 15.0. The average molecular weight is 420 g/mol. The summed E-state index contributed by atoms with van der Waals surface area (Å²) in [5.41, 5.74) is 4.91. The maximum atomic E-state index is 10.4. The van der Waals surface area contributed by atoms with E-state index in [9.17, 15) is 10.5 Å². The summed E-state index contributed by atoms with van der Waals surface area (Å²) in [5.74, 6) is 0. The summed E-state index contributed by atoms with van der Waals surface area (Å²) in [4.78, 5) is 3.89. The zero-order chi connectivity index (χ0) is 22.8. The van der Waals surface area contributed by atoms with Gasteiger partial charge < -0.3 is 4.57 Å². The molecule has 0 saturated heterocycles. The molecule has 0 aliphatic heterocycles. The van der Waals surface area contributed by atoms with Gasteiger partial charge in [0.25, 0.3) is 0 Å². The molecule has 0 atom stereocenters. The Morgan fingerprint density at radius 1 is 0.667 bits per heavy atom. The van der Waals surface area contributed by atoms with Crippen LogP contribution in [0.2, 0.25) is 0 Å². The fourth-order valence-corrected chi connectivity index (χ4v) is 4.35. The highest BCUT2D eigenvalue weighted by Crippen LogP contribution is 2.47. The Hall–Kier alpha value is -5.11. The van der Waals surface area contributed by atoms with Crippen molar-refractivity contribution in [2.45, 2.75) is 0 Å². The Morgan fingerprint density at radius 2 is 1.24 bits per heavy atom. The molecule has 1 heterocycles. The van der Waals surface area contributed by atoms with E-state index >= 15 is 0 Å². The summed E-state index contributed by atoms with van der Waals surface area (Å²) >= 11 is 0. The molecule has 5 rings (SSSR count). The number of para-hydroxylation sites is 1. The number of hydrogen-bond acceptors (Lipinski definition) is 2. The molecule has 152 valence electrons. The van der Waals surface area contributed by atoms with E-state index in [4.69, 9.17) is 6.57 Å². The topological polar surface area (TPSA) is 56.9 Å². The maximum absolute atomic E-state index is 10.4. The van der Waals surface area contributed by atoms with E-state index in [1.54, 1.807) is 0 Å². The standard InChI is InChI=1S/C29H16N4/c1-32-28-27(22-13-6-3-7-14-22)23(18-30)26(21-11-4-2-5-12-21)24(19-31)29(28)33-17-16-20-10-8-9-15-25(20)33/h2-17H. The summed E-state index contributed by atoms with van der Waals surface area (Å²) in [6.45, 7) is 8.10. The summed E-state index contributed by atoms with van der Waals surface area (Å²) in [6.07, 6.45) is 1.88. The molecule has 0 aliphatic carbocycles. The molecule has 0 spiro atoms. The van der Waals surface area contributed by atoms with E-state index in [0.29, 0.717) is 27.9 Å². The molecule has 0 saturated carbocycles. The van der Waals surface area contributed by atoms with Crippen molar-refractivity contribution in [3.63, 3.8) is 0 Å². The number of nitriles is 2.